The van der Waals surface area contributed by atoms with Gasteiger partial charge < -0.3 is 21.5 Å². The molecule has 0 spiro atoms. The number of hydrogen-bond donors (Lipinski definition) is 3. The lowest BCUT2D eigenvalue weighted by atomic mass is 10.1. The number of carbonyl (C=O) groups is 1. The Morgan fingerprint density at radius 3 is 2.55 bits per heavy atom. The molecule has 5 N–H and O–H groups in total. The Morgan fingerprint density at radius 1 is 1.15 bits per heavy atom. The van der Waals surface area contributed by atoms with E-state index >= 15 is 0 Å². The van der Waals surface area contributed by atoms with Crippen molar-refractivity contribution >= 4 is 23.0 Å². The third-order valence-corrected chi connectivity index (χ3v) is 2.93. The quantitative estimate of drug-likeness (QED) is 0.745. The lowest BCUT2D eigenvalue weighted by Crippen LogP contribution is -2.13. The number of nitrogens with one attached hydrogen (secondary N) is 1. The van der Waals surface area contributed by atoms with Crippen molar-refractivity contribution < 1.29 is 9.53 Å². The fraction of sp³-hybridized carbons (Fsp3) is 0.133. The molecule has 0 aliphatic heterocycles. The smallest absolute Gasteiger partial charge is 0.250 e. The number of rotatable bonds is 4. The highest BCUT2D eigenvalue weighted by atomic mass is 16.5. The van der Waals surface area contributed by atoms with E-state index in [1.807, 2.05) is 25.1 Å². The second kappa shape index (κ2) is 5.52. The Bertz CT molecular complexity index is 654. The van der Waals surface area contributed by atoms with Crippen LogP contribution in [0.3, 0.4) is 0 Å². The monoisotopic (exact) mass is 271 g/mol. The highest BCUT2D eigenvalue weighted by Crippen LogP contribution is 2.30. The number of benzene rings is 2. The molecule has 0 bridgehead atoms. The van der Waals surface area contributed by atoms with Crippen molar-refractivity contribution in [1.29, 1.82) is 0 Å². The number of methoxy groups -OCH3 is 1. The topological polar surface area (TPSA) is 90.4 Å². The van der Waals surface area contributed by atoms with Gasteiger partial charge in [-0.05, 0) is 42.8 Å². The highest BCUT2D eigenvalue weighted by Gasteiger charge is 2.11. The average molecular weight is 271 g/mol. The van der Waals surface area contributed by atoms with Crippen LogP contribution in [0.5, 0.6) is 5.75 Å². The maximum atomic E-state index is 11.5. The van der Waals surface area contributed by atoms with Gasteiger partial charge in [0, 0.05) is 5.69 Å². The number of primary amides is 1. The summed E-state index contributed by atoms with van der Waals surface area (Å²) in [7, 11) is 1.59. The first-order valence-corrected chi connectivity index (χ1v) is 6.12. The van der Waals surface area contributed by atoms with E-state index in [0.717, 1.165) is 11.3 Å². The maximum Gasteiger partial charge on any atom is 0.250 e. The minimum atomic E-state index is -0.515. The van der Waals surface area contributed by atoms with E-state index in [-0.39, 0.29) is 0 Å². The first kappa shape index (κ1) is 13.7. The molecule has 0 saturated carbocycles. The Morgan fingerprint density at radius 2 is 1.90 bits per heavy atom. The van der Waals surface area contributed by atoms with E-state index in [9.17, 15) is 4.79 Å². The zero-order valence-corrected chi connectivity index (χ0v) is 11.4. The molecule has 1 amide bonds. The van der Waals surface area contributed by atoms with Crippen molar-refractivity contribution in [3.63, 3.8) is 0 Å². The molecule has 0 atom stereocenters. The van der Waals surface area contributed by atoms with Crippen LogP contribution in [0.25, 0.3) is 0 Å². The third-order valence-electron chi connectivity index (χ3n) is 2.93. The molecule has 0 unspecified atom stereocenters. The van der Waals surface area contributed by atoms with Gasteiger partial charge in [0.1, 0.15) is 5.75 Å². The van der Waals surface area contributed by atoms with Crippen LogP contribution in [0, 0.1) is 6.92 Å². The van der Waals surface area contributed by atoms with Gasteiger partial charge in [0.25, 0.3) is 5.91 Å². The van der Waals surface area contributed by atoms with E-state index in [1.54, 1.807) is 25.3 Å². The molecule has 0 fully saturated rings. The van der Waals surface area contributed by atoms with Crippen LogP contribution < -0.4 is 21.5 Å². The van der Waals surface area contributed by atoms with Crippen LogP contribution >= 0.6 is 0 Å². The predicted molar refractivity (Wildman–Crippen MR) is 80.4 cm³/mol. The standard InChI is InChI=1S/C15H17N3O2/c1-9-3-6-14(20-2)13(7-9)18-12-8-10(16)4-5-11(12)15(17)19/h3-8,18H,16H2,1-2H3,(H2,17,19). The summed E-state index contributed by atoms with van der Waals surface area (Å²) in [6.45, 7) is 1.97. The molecule has 104 valence electrons. The molecule has 2 rings (SSSR count). The second-order valence-electron chi connectivity index (χ2n) is 4.50. The highest BCUT2D eigenvalue weighted by molar-refractivity contribution is 6.00. The maximum absolute atomic E-state index is 11.5. The molecule has 2 aromatic carbocycles. The number of aryl methyl sites for hydroxylation is 1. The van der Waals surface area contributed by atoms with Gasteiger partial charge >= 0.3 is 0 Å². The Hall–Kier alpha value is -2.69. The van der Waals surface area contributed by atoms with Crippen LogP contribution in [0.15, 0.2) is 36.4 Å². The third kappa shape index (κ3) is 2.83. The molecular formula is C15H17N3O2. The molecular weight excluding hydrogens is 254 g/mol. The van der Waals surface area contributed by atoms with Crippen LogP contribution in [0.4, 0.5) is 17.1 Å². The van der Waals surface area contributed by atoms with Crippen molar-refractivity contribution in [3.05, 3.63) is 47.5 Å². The minimum Gasteiger partial charge on any atom is -0.495 e. The Kier molecular flexibility index (Phi) is 3.79. The first-order valence-electron chi connectivity index (χ1n) is 6.12. The van der Waals surface area contributed by atoms with Crippen LogP contribution in [-0.4, -0.2) is 13.0 Å². The number of nitrogens with two attached hydrogens (primary N) is 2. The van der Waals surface area contributed by atoms with Gasteiger partial charge in [0.15, 0.2) is 0 Å². The van der Waals surface area contributed by atoms with E-state index in [1.165, 1.54) is 0 Å². The Balaban J connectivity index is 2.46. The summed E-state index contributed by atoms with van der Waals surface area (Å²) in [6.07, 6.45) is 0. The number of anilines is 3. The van der Waals surface area contributed by atoms with Gasteiger partial charge in [-0.25, -0.2) is 0 Å². The Labute approximate surface area is 117 Å². The zero-order chi connectivity index (χ0) is 14.7. The number of carbonyl (C=O) groups excluding carboxylic acids is 1. The number of hydrogen-bond acceptors (Lipinski definition) is 4. The molecule has 0 aromatic heterocycles. The SMILES string of the molecule is COc1ccc(C)cc1Nc1cc(N)ccc1C(N)=O. The summed E-state index contributed by atoms with van der Waals surface area (Å²) in [6, 6.07) is 10.6. The van der Waals surface area contributed by atoms with Crippen molar-refractivity contribution in [1.82, 2.24) is 0 Å². The lowest BCUT2D eigenvalue weighted by Gasteiger charge is -2.14. The summed E-state index contributed by atoms with van der Waals surface area (Å²) in [4.78, 5) is 11.5. The van der Waals surface area contributed by atoms with Crippen LogP contribution in [0.1, 0.15) is 15.9 Å². The molecule has 20 heavy (non-hydrogen) atoms. The summed E-state index contributed by atoms with van der Waals surface area (Å²) in [5, 5.41) is 3.15. The lowest BCUT2D eigenvalue weighted by molar-refractivity contribution is 0.100. The zero-order valence-electron chi connectivity index (χ0n) is 11.4. The van der Waals surface area contributed by atoms with Gasteiger partial charge in [0.05, 0.1) is 24.0 Å². The summed E-state index contributed by atoms with van der Waals surface area (Å²) in [5.41, 5.74) is 14.4. The number of amides is 1. The average Bonchev–Trinajstić information content (AvgIpc) is 2.38. The molecule has 0 heterocycles. The van der Waals surface area contributed by atoms with Crippen molar-refractivity contribution in [3.8, 4) is 5.75 Å². The largest absolute Gasteiger partial charge is 0.495 e. The molecule has 0 aliphatic rings. The van der Waals surface area contributed by atoms with Gasteiger partial charge in [0.2, 0.25) is 0 Å². The number of ether oxygens (including phenoxy) is 1. The van der Waals surface area contributed by atoms with Gasteiger partial charge in [-0.2, -0.15) is 0 Å². The van der Waals surface area contributed by atoms with Crippen LogP contribution in [-0.2, 0) is 0 Å². The van der Waals surface area contributed by atoms with Gasteiger partial charge in [-0.3, -0.25) is 4.79 Å². The van der Waals surface area contributed by atoms with E-state index in [0.29, 0.717) is 22.7 Å². The van der Waals surface area contributed by atoms with Crippen molar-refractivity contribution in [2.75, 3.05) is 18.2 Å². The summed E-state index contributed by atoms with van der Waals surface area (Å²) in [5.74, 6) is 0.160. The first-order chi connectivity index (χ1) is 9.51. The fourth-order valence-corrected chi connectivity index (χ4v) is 1.94. The number of nitrogen functional groups attached to an aromatic ring is 1. The second-order valence-corrected chi connectivity index (χ2v) is 4.50. The molecule has 2 aromatic rings. The summed E-state index contributed by atoms with van der Waals surface area (Å²) < 4.78 is 5.29. The van der Waals surface area contributed by atoms with E-state index in [4.69, 9.17) is 16.2 Å². The van der Waals surface area contributed by atoms with Crippen molar-refractivity contribution in [2.24, 2.45) is 5.73 Å². The molecule has 0 aliphatic carbocycles. The van der Waals surface area contributed by atoms with Crippen LogP contribution in [0.2, 0.25) is 0 Å². The van der Waals surface area contributed by atoms with Gasteiger partial charge in [-0.15, -0.1) is 0 Å². The van der Waals surface area contributed by atoms with E-state index in [2.05, 4.69) is 5.32 Å². The molecule has 5 heteroatoms. The fourth-order valence-electron chi connectivity index (χ4n) is 1.94. The predicted octanol–water partition coefficient (Wildman–Crippen LogP) is 2.43. The normalized spacial score (nSPS) is 10.1. The van der Waals surface area contributed by atoms with E-state index < -0.39 is 5.91 Å². The summed E-state index contributed by atoms with van der Waals surface area (Å²) >= 11 is 0. The van der Waals surface area contributed by atoms with Gasteiger partial charge in [-0.1, -0.05) is 6.07 Å². The molecule has 5 nitrogen and oxygen atoms in total. The minimum absolute atomic E-state index is 0.378. The molecule has 0 saturated heterocycles. The molecule has 0 radical (unpaired) electrons. The van der Waals surface area contributed by atoms with Crippen molar-refractivity contribution in [2.45, 2.75) is 6.92 Å².